The fourth-order valence-corrected chi connectivity index (χ4v) is 2.18. The minimum atomic E-state index is -0.287. The number of amides is 3. The lowest BCUT2D eigenvalue weighted by molar-refractivity contribution is -0.116. The summed E-state index contributed by atoms with van der Waals surface area (Å²) in [5.74, 6) is 0.348. The quantitative estimate of drug-likeness (QED) is 0.738. The molecule has 0 spiro atoms. The standard InChI is InChI=1S/C15H19N3O2/c1-16-15(20)18-13-8-4-7-12(10-13)17-14(19)9-11-5-2-3-6-11/h2,4-5,7-8,10-11H,3,6,9H2,1H3,(H,17,19)(H2,16,18,20). The predicted molar refractivity (Wildman–Crippen MR) is 79.6 cm³/mol. The smallest absolute Gasteiger partial charge is 0.318 e. The maximum atomic E-state index is 11.9. The normalized spacial score (nSPS) is 16.8. The number of hydrogen-bond donors (Lipinski definition) is 3. The van der Waals surface area contributed by atoms with Gasteiger partial charge in [-0.2, -0.15) is 0 Å². The summed E-state index contributed by atoms with van der Waals surface area (Å²) in [6, 6.07) is 6.81. The van der Waals surface area contributed by atoms with Crippen LogP contribution in [0.2, 0.25) is 0 Å². The van der Waals surface area contributed by atoms with Gasteiger partial charge in [-0.1, -0.05) is 18.2 Å². The summed E-state index contributed by atoms with van der Waals surface area (Å²) in [6.45, 7) is 0. The van der Waals surface area contributed by atoms with Crippen LogP contribution < -0.4 is 16.0 Å². The van der Waals surface area contributed by atoms with Crippen molar-refractivity contribution in [3.8, 4) is 0 Å². The molecule has 3 amide bonds. The first-order valence-electron chi connectivity index (χ1n) is 6.72. The number of hydrogen-bond acceptors (Lipinski definition) is 2. The van der Waals surface area contributed by atoms with E-state index in [9.17, 15) is 9.59 Å². The molecular formula is C15H19N3O2. The van der Waals surface area contributed by atoms with Crippen molar-refractivity contribution in [3.05, 3.63) is 36.4 Å². The van der Waals surface area contributed by atoms with Crippen molar-refractivity contribution in [2.45, 2.75) is 19.3 Å². The molecule has 0 heterocycles. The molecule has 1 aliphatic carbocycles. The first kappa shape index (κ1) is 14.1. The number of rotatable bonds is 4. The second-order valence-electron chi connectivity index (χ2n) is 4.80. The van der Waals surface area contributed by atoms with E-state index in [4.69, 9.17) is 0 Å². The zero-order chi connectivity index (χ0) is 14.4. The highest BCUT2D eigenvalue weighted by Gasteiger charge is 2.14. The minimum absolute atomic E-state index is 0.00126. The Bertz CT molecular complexity index is 526. The lowest BCUT2D eigenvalue weighted by atomic mass is 10.1. The van der Waals surface area contributed by atoms with Crippen molar-refractivity contribution < 1.29 is 9.59 Å². The van der Waals surface area contributed by atoms with E-state index in [1.807, 2.05) is 0 Å². The number of carbonyl (C=O) groups is 2. The SMILES string of the molecule is CNC(=O)Nc1cccc(NC(=O)CC2C=CCC2)c1. The van der Waals surface area contributed by atoms with E-state index >= 15 is 0 Å². The summed E-state index contributed by atoms with van der Waals surface area (Å²) in [7, 11) is 1.55. The number of anilines is 2. The monoisotopic (exact) mass is 273 g/mol. The zero-order valence-electron chi connectivity index (χ0n) is 11.5. The highest BCUT2D eigenvalue weighted by Crippen LogP contribution is 2.21. The van der Waals surface area contributed by atoms with Gasteiger partial charge >= 0.3 is 6.03 Å². The van der Waals surface area contributed by atoms with Crippen LogP contribution >= 0.6 is 0 Å². The van der Waals surface area contributed by atoms with Crippen molar-refractivity contribution >= 4 is 23.3 Å². The summed E-state index contributed by atoms with van der Waals surface area (Å²) in [5.41, 5.74) is 1.33. The van der Waals surface area contributed by atoms with Gasteiger partial charge in [0.15, 0.2) is 0 Å². The molecule has 1 aliphatic rings. The molecule has 5 nitrogen and oxygen atoms in total. The molecule has 0 saturated carbocycles. The summed E-state index contributed by atoms with van der Waals surface area (Å²) in [5, 5.41) is 8.00. The van der Waals surface area contributed by atoms with Gasteiger partial charge in [-0.25, -0.2) is 4.79 Å². The van der Waals surface area contributed by atoms with Crippen LogP contribution in [0.25, 0.3) is 0 Å². The Kier molecular flexibility index (Phi) is 4.76. The van der Waals surface area contributed by atoms with Gasteiger partial charge < -0.3 is 16.0 Å². The Balaban J connectivity index is 1.91. The average molecular weight is 273 g/mol. The molecule has 0 saturated heterocycles. The van der Waals surface area contributed by atoms with Crippen LogP contribution in [-0.4, -0.2) is 19.0 Å². The third-order valence-electron chi connectivity index (χ3n) is 3.19. The Morgan fingerprint density at radius 2 is 2.00 bits per heavy atom. The van der Waals surface area contributed by atoms with Crippen LogP contribution in [0.1, 0.15) is 19.3 Å². The molecule has 0 fully saturated rings. The van der Waals surface area contributed by atoms with Crippen LogP contribution in [-0.2, 0) is 4.79 Å². The van der Waals surface area contributed by atoms with E-state index in [0.29, 0.717) is 23.7 Å². The highest BCUT2D eigenvalue weighted by atomic mass is 16.2. The number of nitrogens with one attached hydrogen (secondary N) is 3. The molecule has 1 unspecified atom stereocenters. The van der Waals surface area contributed by atoms with Gasteiger partial charge in [-0.3, -0.25) is 4.79 Å². The van der Waals surface area contributed by atoms with Crippen LogP contribution in [0, 0.1) is 5.92 Å². The van der Waals surface area contributed by atoms with Crippen LogP contribution in [0.5, 0.6) is 0 Å². The molecule has 1 aromatic carbocycles. The molecule has 3 N–H and O–H groups in total. The van der Waals surface area contributed by atoms with Gasteiger partial charge in [-0.15, -0.1) is 0 Å². The minimum Gasteiger partial charge on any atom is -0.341 e. The molecular weight excluding hydrogens is 254 g/mol. The largest absolute Gasteiger partial charge is 0.341 e. The topological polar surface area (TPSA) is 70.2 Å². The first-order chi connectivity index (χ1) is 9.67. The molecule has 1 atom stereocenters. The van der Waals surface area contributed by atoms with E-state index in [1.165, 1.54) is 0 Å². The Hall–Kier alpha value is -2.30. The molecule has 2 rings (SSSR count). The summed E-state index contributed by atoms with van der Waals surface area (Å²) in [4.78, 5) is 23.1. The second-order valence-corrected chi connectivity index (χ2v) is 4.80. The zero-order valence-corrected chi connectivity index (χ0v) is 11.5. The molecule has 106 valence electrons. The number of allylic oxidation sites excluding steroid dienone is 2. The Labute approximate surface area is 118 Å². The van der Waals surface area contributed by atoms with Gasteiger partial charge in [-0.05, 0) is 37.0 Å². The van der Waals surface area contributed by atoms with Crippen molar-refractivity contribution in [2.24, 2.45) is 5.92 Å². The van der Waals surface area contributed by atoms with Crippen molar-refractivity contribution in [2.75, 3.05) is 17.7 Å². The summed E-state index contributed by atoms with van der Waals surface area (Å²) >= 11 is 0. The third kappa shape index (κ3) is 4.12. The maximum absolute atomic E-state index is 11.9. The van der Waals surface area contributed by atoms with E-state index in [1.54, 1.807) is 31.3 Å². The van der Waals surface area contributed by atoms with E-state index in [0.717, 1.165) is 12.8 Å². The Morgan fingerprint density at radius 1 is 1.25 bits per heavy atom. The molecule has 0 radical (unpaired) electrons. The maximum Gasteiger partial charge on any atom is 0.318 e. The van der Waals surface area contributed by atoms with Gasteiger partial charge in [0.2, 0.25) is 5.91 Å². The number of benzene rings is 1. The number of carbonyl (C=O) groups excluding carboxylic acids is 2. The number of urea groups is 1. The van der Waals surface area contributed by atoms with E-state index in [2.05, 4.69) is 28.1 Å². The van der Waals surface area contributed by atoms with Gasteiger partial charge in [0.25, 0.3) is 0 Å². The lowest BCUT2D eigenvalue weighted by Crippen LogP contribution is -2.24. The fourth-order valence-electron chi connectivity index (χ4n) is 2.18. The van der Waals surface area contributed by atoms with Gasteiger partial charge in [0.1, 0.15) is 0 Å². The molecule has 0 aliphatic heterocycles. The van der Waals surface area contributed by atoms with Gasteiger partial charge in [0, 0.05) is 24.8 Å². The molecule has 5 heteroatoms. The van der Waals surface area contributed by atoms with Crippen LogP contribution in [0.3, 0.4) is 0 Å². The first-order valence-corrected chi connectivity index (χ1v) is 6.72. The van der Waals surface area contributed by atoms with Crippen LogP contribution in [0.4, 0.5) is 16.2 Å². The molecule has 20 heavy (non-hydrogen) atoms. The third-order valence-corrected chi connectivity index (χ3v) is 3.19. The van der Waals surface area contributed by atoms with E-state index in [-0.39, 0.29) is 11.9 Å². The molecule has 1 aromatic rings. The average Bonchev–Trinajstić information content (AvgIpc) is 2.91. The highest BCUT2D eigenvalue weighted by molar-refractivity contribution is 5.93. The van der Waals surface area contributed by atoms with Crippen molar-refractivity contribution in [3.63, 3.8) is 0 Å². The predicted octanol–water partition coefficient (Wildman–Crippen LogP) is 2.73. The lowest BCUT2D eigenvalue weighted by Gasteiger charge is -2.10. The van der Waals surface area contributed by atoms with Crippen molar-refractivity contribution in [1.82, 2.24) is 5.32 Å². The molecule has 0 aromatic heterocycles. The second kappa shape index (κ2) is 6.75. The Morgan fingerprint density at radius 3 is 2.65 bits per heavy atom. The van der Waals surface area contributed by atoms with E-state index < -0.39 is 0 Å². The summed E-state index contributed by atoms with van der Waals surface area (Å²) in [6.07, 6.45) is 6.83. The molecule has 0 bridgehead atoms. The van der Waals surface area contributed by atoms with Crippen LogP contribution in [0.15, 0.2) is 36.4 Å². The van der Waals surface area contributed by atoms with Crippen molar-refractivity contribution in [1.29, 1.82) is 0 Å². The van der Waals surface area contributed by atoms with Gasteiger partial charge in [0.05, 0.1) is 0 Å². The fraction of sp³-hybridized carbons (Fsp3) is 0.333. The summed E-state index contributed by atoms with van der Waals surface area (Å²) < 4.78 is 0.